The number of anilines is 1. The van der Waals surface area contributed by atoms with Crippen LogP contribution in [0.2, 0.25) is 0 Å². The summed E-state index contributed by atoms with van der Waals surface area (Å²) in [6.07, 6.45) is -0.611. The van der Waals surface area contributed by atoms with E-state index >= 15 is 0 Å². The van der Waals surface area contributed by atoms with Gasteiger partial charge in [-0.25, -0.2) is 9.59 Å². The van der Waals surface area contributed by atoms with Crippen LogP contribution in [0.15, 0.2) is 36.4 Å². The molecule has 23 heavy (non-hydrogen) atoms. The van der Waals surface area contributed by atoms with Gasteiger partial charge in [-0.2, -0.15) is 0 Å². The summed E-state index contributed by atoms with van der Waals surface area (Å²) in [7, 11) is 0. The lowest BCUT2D eigenvalue weighted by atomic mass is 9.97. The molecule has 0 radical (unpaired) electrons. The number of nitrogens with one attached hydrogen (secondary N) is 1. The van der Waals surface area contributed by atoms with Crippen LogP contribution in [0.1, 0.15) is 32.6 Å². The van der Waals surface area contributed by atoms with Crippen LogP contribution in [-0.4, -0.2) is 17.2 Å². The minimum Gasteiger partial charge on any atom is -0.478 e. The molecule has 0 saturated heterocycles. The molecular weight excluding hydrogens is 294 g/mol. The summed E-state index contributed by atoms with van der Waals surface area (Å²) < 4.78 is 5.18. The number of carbonyl (C=O) groups excluding carboxylic acids is 1. The first-order chi connectivity index (χ1) is 10.9. The molecule has 120 valence electrons. The Balaban J connectivity index is 2.15. The Hall–Kier alpha value is -2.82. The molecule has 0 aliphatic heterocycles. The van der Waals surface area contributed by atoms with Crippen molar-refractivity contribution in [3.05, 3.63) is 64.2 Å². The monoisotopic (exact) mass is 313 g/mol. The highest BCUT2D eigenvalue weighted by molar-refractivity contribution is 5.96. The minimum atomic E-state index is -1.01. The second-order valence-electron chi connectivity index (χ2n) is 5.38. The third-order valence-corrected chi connectivity index (χ3v) is 3.63. The normalized spacial score (nSPS) is 10.2. The van der Waals surface area contributed by atoms with Gasteiger partial charge in [-0.1, -0.05) is 36.4 Å². The van der Waals surface area contributed by atoms with E-state index in [0.717, 1.165) is 11.1 Å². The summed E-state index contributed by atoms with van der Waals surface area (Å²) in [4.78, 5) is 23.3. The lowest BCUT2D eigenvalue weighted by molar-refractivity contribution is 0.0695. The average molecular weight is 313 g/mol. The zero-order valence-corrected chi connectivity index (χ0v) is 13.3. The molecule has 1 amide bonds. The maximum absolute atomic E-state index is 12.0. The molecule has 0 aliphatic rings. The summed E-state index contributed by atoms with van der Waals surface area (Å²) in [6.45, 7) is 5.39. The van der Waals surface area contributed by atoms with Crippen molar-refractivity contribution >= 4 is 17.7 Å². The molecule has 2 aromatic carbocycles. The highest BCUT2D eigenvalue weighted by Crippen LogP contribution is 2.27. The van der Waals surface area contributed by atoms with Crippen LogP contribution in [0.5, 0.6) is 0 Å². The molecule has 0 heterocycles. The van der Waals surface area contributed by atoms with Crippen molar-refractivity contribution in [1.82, 2.24) is 0 Å². The van der Waals surface area contributed by atoms with Crippen molar-refractivity contribution in [2.24, 2.45) is 0 Å². The van der Waals surface area contributed by atoms with Crippen molar-refractivity contribution < 1.29 is 19.4 Å². The first kappa shape index (κ1) is 16.5. The Morgan fingerprint density at radius 2 is 1.74 bits per heavy atom. The van der Waals surface area contributed by atoms with Crippen LogP contribution in [0, 0.1) is 20.8 Å². The second kappa shape index (κ2) is 6.96. The number of carboxylic acids is 1. The third-order valence-electron chi connectivity index (χ3n) is 3.63. The van der Waals surface area contributed by atoms with Gasteiger partial charge in [0, 0.05) is 0 Å². The van der Waals surface area contributed by atoms with Crippen molar-refractivity contribution in [2.75, 3.05) is 5.32 Å². The smallest absolute Gasteiger partial charge is 0.411 e. The number of hydrogen-bond acceptors (Lipinski definition) is 3. The van der Waals surface area contributed by atoms with E-state index in [-0.39, 0.29) is 12.2 Å². The molecule has 0 aromatic heterocycles. The molecule has 0 atom stereocenters. The summed E-state index contributed by atoms with van der Waals surface area (Å²) >= 11 is 0. The van der Waals surface area contributed by atoms with Crippen LogP contribution < -0.4 is 5.32 Å². The van der Waals surface area contributed by atoms with Crippen LogP contribution >= 0.6 is 0 Å². The van der Waals surface area contributed by atoms with Gasteiger partial charge >= 0.3 is 12.1 Å². The van der Waals surface area contributed by atoms with Crippen LogP contribution in [0.3, 0.4) is 0 Å². The maximum atomic E-state index is 12.0. The molecule has 0 aliphatic carbocycles. The first-order valence-electron chi connectivity index (χ1n) is 7.22. The van der Waals surface area contributed by atoms with Gasteiger partial charge in [0.15, 0.2) is 0 Å². The molecule has 2 N–H and O–H groups in total. The molecular formula is C18H19NO4. The first-order valence-corrected chi connectivity index (χ1v) is 7.22. The predicted molar refractivity (Wildman–Crippen MR) is 87.9 cm³/mol. The summed E-state index contributed by atoms with van der Waals surface area (Å²) in [5.74, 6) is -1.01. The van der Waals surface area contributed by atoms with E-state index in [0.29, 0.717) is 16.8 Å². The quantitative estimate of drug-likeness (QED) is 0.892. The molecule has 0 bridgehead atoms. The van der Waals surface area contributed by atoms with Gasteiger partial charge in [0.2, 0.25) is 0 Å². The number of benzene rings is 2. The van der Waals surface area contributed by atoms with Gasteiger partial charge in [0.1, 0.15) is 6.61 Å². The fourth-order valence-electron chi connectivity index (χ4n) is 2.57. The fourth-order valence-corrected chi connectivity index (χ4v) is 2.57. The zero-order valence-electron chi connectivity index (χ0n) is 13.3. The van der Waals surface area contributed by atoms with Crippen molar-refractivity contribution in [1.29, 1.82) is 0 Å². The number of carboxylic acid groups (broad SMARTS) is 1. The lowest BCUT2D eigenvalue weighted by Crippen LogP contribution is -2.17. The van der Waals surface area contributed by atoms with Gasteiger partial charge in [-0.15, -0.1) is 0 Å². The van der Waals surface area contributed by atoms with Crippen LogP contribution in [-0.2, 0) is 11.3 Å². The second-order valence-corrected chi connectivity index (χ2v) is 5.38. The number of rotatable bonds is 4. The van der Waals surface area contributed by atoms with Gasteiger partial charge in [-0.3, -0.25) is 5.32 Å². The summed E-state index contributed by atoms with van der Waals surface area (Å²) in [5, 5.41) is 12.0. The number of ether oxygens (including phenoxy) is 1. The van der Waals surface area contributed by atoms with E-state index in [1.54, 1.807) is 19.9 Å². The Bertz CT molecular complexity index is 738. The van der Waals surface area contributed by atoms with Crippen molar-refractivity contribution in [3.63, 3.8) is 0 Å². The van der Waals surface area contributed by atoms with E-state index in [1.807, 2.05) is 37.3 Å². The van der Waals surface area contributed by atoms with E-state index in [9.17, 15) is 14.7 Å². The topological polar surface area (TPSA) is 75.6 Å². The van der Waals surface area contributed by atoms with E-state index in [1.165, 1.54) is 0 Å². The fraction of sp³-hybridized carbons (Fsp3) is 0.222. The standard InChI is InChI=1S/C18H19NO4/c1-11-9-12(2)16(13(3)15(11)17(20)21)19-18(22)23-10-14-7-5-4-6-8-14/h4-9H,10H2,1-3H3,(H,19,22)(H,20,21). The van der Waals surface area contributed by atoms with E-state index < -0.39 is 12.1 Å². The number of aryl methyl sites for hydroxylation is 2. The Morgan fingerprint density at radius 1 is 1.09 bits per heavy atom. The summed E-state index contributed by atoms with van der Waals surface area (Å²) in [5.41, 5.74) is 3.54. The molecule has 0 saturated carbocycles. The third kappa shape index (κ3) is 3.88. The maximum Gasteiger partial charge on any atom is 0.411 e. The number of aromatic carboxylic acids is 1. The Labute approximate surface area is 134 Å². The predicted octanol–water partition coefficient (Wildman–Crippen LogP) is 4.06. The Kier molecular flexibility index (Phi) is 5.01. The van der Waals surface area contributed by atoms with Crippen LogP contribution in [0.25, 0.3) is 0 Å². The van der Waals surface area contributed by atoms with Crippen LogP contribution in [0.4, 0.5) is 10.5 Å². The minimum absolute atomic E-state index is 0.155. The van der Waals surface area contributed by atoms with Gasteiger partial charge in [0.25, 0.3) is 0 Å². The summed E-state index contributed by atoms with van der Waals surface area (Å²) in [6, 6.07) is 11.1. The van der Waals surface area contributed by atoms with Gasteiger partial charge < -0.3 is 9.84 Å². The van der Waals surface area contributed by atoms with E-state index in [2.05, 4.69) is 5.32 Å². The highest BCUT2D eigenvalue weighted by atomic mass is 16.5. The number of carbonyl (C=O) groups is 2. The van der Waals surface area contributed by atoms with Gasteiger partial charge in [0.05, 0.1) is 11.3 Å². The van der Waals surface area contributed by atoms with Crippen molar-refractivity contribution in [3.8, 4) is 0 Å². The highest BCUT2D eigenvalue weighted by Gasteiger charge is 2.18. The molecule has 0 spiro atoms. The molecule has 5 nitrogen and oxygen atoms in total. The molecule has 2 aromatic rings. The molecule has 0 fully saturated rings. The zero-order chi connectivity index (χ0) is 17.0. The van der Waals surface area contributed by atoms with E-state index in [4.69, 9.17) is 4.74 Å². The number of amides is 1. The molecule has 0 unspecified atom stereocenters. The largest absolute Gasteiger partial charge is 0.478 e. The van der Waals surface area contributed by atoms with Crippen molar-refractivity contribution in [2.45, 2.75) is 27.4 Å². The average Bonchev–Trinajstić information content (AvgIpc) is 2.50. The number of hydrogen-bond donors (Lipinski definition) is 2. The molecule has 5 heteroatoms. The molecule has 2 rings (SSSR count). The Morgan fingerprint density at radius 3 is 2.35 bits per heavy atom. The SMILES string of the molecule is Cc1cc(C)c(C(=O)O)c(C)c1NC(=O)OCc1ccccc1. The lowest BCUT2D eigenvalue weighted by Gasteiger charge is -2.16. The van der Waals surface area contributed by atoms with Gasteiger partial charge in [-0.05, 0) is 43.0 Å².